The summed E-state index contributed by atoms with van der Waals surface area (Å²) in [5.74, 6) is 0.485. The molecule has 0 fully saturated rings. The van der Waals surface area contributed by atoms with Crippen molar-refractivity contribution in [1.82, 2.24) is 0 Å². The molecule has 4 aromatic rings. The monoisotopic (exact) mass is 411 g/mol. The van der Waals surface area contributed by atoms with Crippen LogP contribution in [0.3, 0.4) is 0 Å². The van der Waals surface area contributed by atoms with Crippen molar-refractivity contribution in [2.75, 3.05) is 12.4 Å². The molecule has 0 bridgehead atoms. The van der Waals surface area contributed by atoms with Gasteiger partial charge in [0.2, 0.25) is 5.91 Å². The van der Waals surface area contributed by atoms with Gasteiger partial charge < -0.3 is 14.5 Å². The van der Waals surface area contributed by atoms with Gasteiger partial charge in [-0.25, -0.2) is 0 Å². The number of nitrogens with one attached hydrogen (secondary N) is 1. The molecule has 1 N–H and O–H groups in total. The van der Waals surface area contributed by atoms with E-state index in [0.717, 1.165) is 50.0 Å². The van der Waals surface area contributed by atoms with E-state index in [9.17, 15) is 4.79 Å². The van der Waals surface area contributed by atoms with E-state index in [-0.39, 0.29) is 5.91 Å². The number of rotatable bonds is 5. The van der Waals surface area contributed by atoms with Gasteiger partial charge in [-0.2, -0.15) is 0 Å². The zero-order valence-electron chi connectivity index (χ0n) is 18.2. The molecule has 0 atom stereocenters. The fourth-order valence-electron chi connectivity index (χ4n) is 3.70. The van der Waals surface area contributed by atoms with Crippen molar-refractivity contribution >= 4 is 28.1 Å². The number of hydrogen-bond donors (Lipinski definition) is 1. The zero-order valence-corrected chi connectivity index (χ0v) is 18.2. The van der Waals surface area contributed by atoms with Crippen LogP contribution in [0, 0.1) is 13.8 Å². The van der Waals surface area contributed by atoms with Crippen LogP contribution in [0.5, 0.6) is 5.75 Å². The third kappa shape index (κ3) is 4.10. The normalized spacial score (nSPS) is 11.5. The maximum absolute atomic E-state index is 12.7. The first kappa shape index (κ1) is 20.5. The van der Waals surface area contributed by atoms with Gasteiger partial charge in [0.25, 0.3) is 0 Å². The Morgan fingerprint density at radius 2 is 1.81 bits per heavy atom. The van der Waals surface area contributed by atoms with E-state index in [1.54, 1.807) is 19.4 Å². The predicted octanol–water partition coefficient (Wildman–Crippen LogP) is 6.77. The van der Waals surface area contributed by atoms with Gasteiger partial charge in [-0.15, -0.1) is 0 Å². The average Bonchev–Trinajstić information content (AvgIpc) is 3.19. The molecule has 156 valence electrons. The van der Waals surface area contributed by atoms with Crippen LogP contribution in [0.2, 0.25) is 0 Å². The average molecular weight is 412 g/mol. The maximum Gasteiger partial charge on any atom is 0.248 e. The first-order valence-corrected chi connectivity index (χ1v) is 10.2. The van der Waals surface area contributed by atoms with Crippen molar-refractivity contribution in [2.45, 2.75) is 20.8 Å². The molecule has 4 heteroatoms. The van der Waals surface area contributed by atoms with Crippen LogP contribution in [0.25, 0.3) is 27.7 Å². The second kappa shape index (κ2) is 8.52. The molecule has 0 aliphatic rings. The summed E-state index contributed by atoms with van der Waals surface area (Å²) in [4.78, 5) is 12.7. The number of methoxy groups -OCH3 is 1. The predicted molar refractivity (Wildman–Crippen MR) is 126 cm³/mol. The highest BCUT2D eigenvalue weighted by molar-refractivity contribution is 6.05. The summed E-state index contributed by atoms with van der Waals surface area (Å²) in [5.41, 5.74) is 7.50. The number of furan rings is 1. The Balaban J connectivity index is 1.71. The van der Waals surface area contributed by atoms with Gasteiger partial charge in [-0.1, -0.05) is 42.5 Å². The second-order valence-corrected chi connectivity index (χ2v) is 7.63. The number of hydrogen-bond acceptors (Lipinski definition) is 3. The molecule has 0 saturated heterocycles. The molecule has 3 aromatic carbocycles. The molecule has 4 rings (SSSR count). The van der Waals surface area contributed by atoms with Crippen molar-refractivity contribution in [3.8, 4) is 16.9 Å². The highest BCUT2D eigenvalue weighted by Crippen LogP contribution is 2.37. The molecule has 1 aromatic heterocycles. The Hall–Kier alpha value is -3.79. The van der Waals surface area contributed by atoms with Crippen LogP contribution < -0.4 is 10.1 Å². The van der Waals surface area contributed by atoms with E-state index in [4.69, 9.17) is 9.15 Å². The number of fused-ring (bicyclic) bond motifs is 1. The van der Waals surface area contributed by atoms with Crippen LogP contribution >= 0.6 is 0 Å². The van der Waals surface area contributed by atoms with E-state index < -0.39 is 0 Å². The molecule has 1 amide bonds. The minimum absolute atomic E-state index is 0.177. The number of carbonyl (C=O) groups excluding carboxylic acids is 1. The molecule has 0 aliphatic heterocycles. The van der Waals surface area contributed by atoms with Gasteiger partial charge in [0.05, 0.1) is 13.4 Å². The summed E-state index contributed by atoms with van der Waals surface area (Å²) in [7, 11) is 1.62. The molecule has 0 saturated carbocycles. The number of ether oxygens (including phenoxy) is 1. The van der Waals surface area contributed by atoms with Crippen LogP contribution in [-0.2, 0) is 4.79 Å². The molecule has 31 heavy (non-hydrogen) atoms. The number of carbonyl (C=O) groups is 1. The Labute approximate surface area is 182 Å². The van der Waals surface area contributed by atoms with Crippen molar-refractivity contribution in [3.63, 3.8) is 0 Å². The maximum atomic E-state index is 12.7. The lowest BCUT2D eigenvalue weighted by molar-refractivity contribution is -0.111. The van der Waals surface area contributed by atoms with E-state index in [0.29, 0.717) is 5.75 Å². The van der Waals surface area contributed by atoms with E-state index in [2.05, 4.69) is 17.4 Å². The quantitative estimate of drug-likeness (QED) is 0.369. The minimum atomic E-state index is -0.177. The lowest BCUT2D eigenvalue weighted by Gasteiger charge is -2.11. The van der Waals surface area contributed by atoms with Crippen LogP contribution in [-0.4, -0.2) is 13.0 Å². The first-order valence-electron chi connectivity index (χ1n) is 10.2. The van der Waals surface area contributed by atoms with Crippen LogP contribution in [0.15, 0.2) is 77.4 Å². The SMILES string of the molecule is COc1cc2occ(-c3ccccc3)c2cc1/C(C)=C/C(=O)Nc1cccc(C)c1C. The summed E-state index contributed by atoms with van der Waals surface area (Å²) < 4.78 is 11.4. The number of amides is 1. The number of benzene rings is 3. The second-order valence-electron chi connectivity index (χ2n) is 7.63. The van der Waals surface area contributed by atoms with Gasteiger partial charge in [0.1, 0.15) is 11.3 Å². The number of anilines is 1. The standard InChI is InChI=1S/C27H25NO3/c1-17-9-8-12-24(19(17)3)28-27(29)13-18(2)21-14-22-23(20-10-6-5-7-11-20)16-31-26(22)15-25(21)30-4/h5-16H,1-4H3,(H,28,29)/b18-13+. The Bertz CT molecular complexity index is 1280. The molecule has 0 radical (unpaired) electrons. The van der Waals surface area contributed by atoms with Gasteiger partial charge in [-0.05, 0) is 55.2 Å². The molecule has 0 unspecified atom stereocenters. The summed E-state index contributed by atoms with van der Waals surface area (Å²) in [6.07, 6.45) is 3.36. The number of allylic oxidation sites excluding steroid dienone is 1. The molecular formula is C27H25NO3. The molecule has 1 heterocycles. The van der Waals surface area contributed by atoms with Gasteiger partial charge in [0.15, 0.2) is 0 Å². The largest absolute Gasteiger partial charge is 0.496 e. The summed E-state index contributed by atoms with van der Waals surface area (Å²) in [5, 5.41) is 3.96. The molecular weight excluding hydrogens is 386 g/mol. The van der Waals surface area contributed by atoms with Crippen molar-refractivity contribution < 1.29 is 13.9 Å². The highest BCUT2D eigenvalue weighted by atomic mass is 16.5. The Kier molecular flexibility index (Phi) is 5.63. The van der Waals surface area contributed by atoms with E-state index in [1.165, 1.54) is 0 Å². The van der Waals surface area contributed by atoms with Crippen molar-refractivity contribution in [1.29, 1.82) is 0 Å². The summed E-state index contributed by atoms with van der Waals surface area (Å²) >= 11 is 0. The topological polar surface area (TPSA) is 51.5 Å². The fraction of sp³-hybridized carbons (Fsp3) is 0.148. The van der Waals surface area contributed by atoms with E-state index >= 15 is 0 Å². The number of aryl methyl sites for hydroxylation is 1. The Morgan fingerprint density at radius 1 is 1.03 bits per heavy atom. The summed E-state index contributed by atoms with van der Waals surface area (Å²) in [6, 6.07) is 19.9. The van der Waals surface area contributed by atoms with Gasteiger partial charge in [-0.3, -0.25) is 4.79 Å². The van der Waals surface area contributed by atoms with Gasteiger partial charge in [0, 0.05) is 34.3 Å². The minimum Gasteiger partial charge on any atom is -0.496 e. The third-order valence-electron chi connectivity index (χ3n) is 5.62. The van der Waals surface area contributed by atoms with Crippen LogP contribution in [0.1, 0.15) is 23.6 Å². The first-order chi connectivity index (χ1) is 15.0. The van der Waals surface area contributed by atoms with Crippen molar-refractivity contribution in [3.05, 3.63) is 89.7 Å². The molecule has 0 aliphatic carbocycles. The van der Waals surface area contributed by atoms with Crippen LogP contribution in [0.4, 0.5) is 5.69 Å². The molecule has 4 nitrogen and oxygen atoms in total. The zero-order chi connectivity index (χ0) is 22.0. The van der Waals surface area contributed by atoms with Gasteiger partial charge >= 0.3 is 0 Å². The van der Waals surface area contributed by atoms with E-state index in [1.807, 2.05) is 69.3 Å². The van der Waals surface area contributed by atoms with Crippen molar-refractivity contribution in [2.24, 2.45) is 0 Å². The fourth-order valence-corrected chi connectivity index (χ4v) is 3.70. The summed E-state index contributed by atoms with van der Waals surface area (Å²) in [6.45, 7) is 5.94. The Morgan fingerprint density at radius 3 is 2.55 bits per heavy atom. The smallest absolute Gasteiger partial charge is 0.248 e. The lowest BCUT2D eigenvalue weighted by atomic mass is 9.99. The lowest BCUT2D eigenvalue weighted by Crippen LogP contribution is -2.10. The molecule has 0 spiro atoms. The third-order valence-corrected chi connectivity index (χ3v) is 5.62. The highest BCUT2D eigenvalue weighted by Gasteiger charge is 2.15.